The van der Waals surface area contributed by atoms with Crippen molar-refractivity contribution in [2.45, 2.75) is 13.8 Å². The van der Waals surface area contributed by atoms with Gasteiger partial charge in [-0.15, -0.1) is 0 Å². The largest absolute Gasteiger partial charge is 0.342 e. The van der Waals surface area contributed by atoms with E-state index in [1.165, 1.54) is 0 Å². The van der Waals surface area contributed by atoms with Crippen molar-refractivity contribution in [1.82, 2.24) is 24.7 Å². The lowest BCUT2D eigenvalue weighted by Crippen LogP contribution is -2.50. The molecule has 3 heterocycles. The van der Waals surface area contributed by atoms with Crippen LogP contribution in [0, 0.1) is 6.92 Å². The molecule has 9 nitrogen and oxygen atoms in total. The monoisotopic (exact) mass is 360 g/mol. The van der Waals surface area contributed by atoms with E-state index in [1.54, 1.807) is 27.7 Å². The van der Waals surface area contributed by atoms with Gasteiger partial charge in [0.15, 0.2) is 0 Å². The van der Waals surface area contributed by atoms with Crippen LogP contribution in [-0.4, -0.2) is 95.3 Å². The van der Waals surface area contributed by atoms with Crippen LogP contribution in [-0.2, 0) is 9.59 Å². The standard InChI is InChI=1S/C17H24N6O3/c1-13-11-15(16(26)22-9-7-21(8-10-22)14(2)25)19-17(18-13)23-5-3-20(12-24)4-6-23/h11-12H,3-10H2,1-2H3. The summed E-state index contributed by atoms with van der Waals surface area (Å²) in [6, 6.07) is 1.70. The van der Waals surface area contributed by atoms with Gasteiger partial charge < -0.3 is 19.6 Å². The predicted octanol–water partition coefficient (Wildman–Crippen LogP) is -0.632. The van der Waals surface area contributed by atoms with Crippen molar-refractivity contribution in [2.75, 3.05) is 57.3 Å². The highest BCUT2D eigenvalue weighted by Gasteiger charge is 2.26. The lowest BCUT2D eigenvalue weighted by atomic mass is 10.2. The SMILES string of the molecule is CC(=O)N1CCN(C(=O)c2cc(C)nc(N3CCN(C=O)CC3)n2)CC1. The summed E-state index contributed by atoms with van der Waals surface area (Å²) >= 11 is 0. The number of aryl methyl sites for hydroxylation is 1. The Kier molecular flexibility index (Phi) is 5.34. The Morgan fingerprint density at radius 2 is 1.58 bits per heavy atom. The highest BCUT2D eigenvalue weighted by molar-refractivity contribution is 5.93. The van der Waals surface area contributed by atoms with Crippen molar-refractivity contribution in [2.24, 2.45) is 0 Å². The Morgan fingerprint density at radius 1 is 0.962 bits per heavy atom. The zero-order chi connectivity index (χ0) is 18.7. The van der Waals surface area contributed by atoms with Crippen molar-refractivity contribution in [3.8, 4) is 0 Å². The number of hydrogen-bond acceptors (Lipinski definition) is 6. The summed E-state index contributed by atoms with van der Waals surface area (Å²) in [5, 5.41) is 0. The Labute approximate surface area is 152 Å². The zero-order valence-corrected chi connectivity index (χ0v) is 15.2. The van der Waals surface area contributed by atoms with Crippen molar-refractivity contribution in [3.05, 3.63) is 17.5 Å². The fourth-order valence-electron chi connectivity index (χ4n) is 3.22. The fourth-order valence-corrected chi connectivity index (χ4v) is 3.22. The molecule has 0 bridgehead atoms. The average Bonchev–Trinajstić information content (AvgIpc) is 2.67. The zero-order valence-electron chi connectivity index (χ0n) is 15.2. The molecule has 9 heteroatoms. The number of piperazine rings is 2. The summed E-state index contributed by atoms with van der Waals surface area (Å²) in [5.41, 5.74) is 1.11. The van der Waals surface area contributed by atoms with Crippen LogP contribution in [0.1, 0.15) is 23.1 Å². The van der Waals surface area contributed by atoms with Crippen LogP contribution in [0.25, 0.3) is 0 Å². The van der Waals surface area contributed by atoms with E-state index in [4.69, 9.17) is 0 Å². The van der Waals surface area contributed by atoms with Gasteiger partial charge in [-0.05, 0) is 13.0 Å². The van der Waals surface area contributed by atoms with Gasteiger partial charge in [-0.1, -0.05) is 0 Å². The van der Waals surface area contributed by atoms with E-state index in [0.29, 0.717) is 64.0 Å². The summed E-state index contributed by atoms with van der Waals surface area (Å²) in [7, 11) is 0. The van der Waals surface area contributed by atoms with Gasteiger partial charge in [-0.2, -0.15) is 0 Å². The average molecular weight is 360 g/mol. The molecule has 2 fully saturated rings. The number of aromatic nitrogens is 2. The second-order valence-electron chi connectivity index (χ2n) is 6.62. The Hall–Kier alpha value is -2.71. The molecular weight excluding hydrogens is 336 g/mol. The first kappa shape index (κ1) is 18.1. The van der Waals surface area contributed by atoms with Crippen molar-refractivity contribution < 1.29 is 14.4 Å². The van der Waals surface area contributed by atoms with Crippen LogP contribution in [0.4, 0.5) is 5.95 Å². The molecule has 2 aliphatic rings. The number of carbonyl (C=O) groups is 3. The minimum absolute atomic E-state index is 0.0340. The summed E-state index contributed by atoms with van der Waals surface area (Å²) in [5.74, 6) is 0.430. The normalized spacial score (nSPS) is 18.1. The number of anilines is 1. The molecule has 0 atom stereocenters. The van der Waals surface area contributed by atoms with E-state index in [0.717, 1.165) is 12.1 Å². The predicted molar refractivity (Wildman–Crippen MR) is 94.8 cm³/mol. The van der Waals surface area contributed by atoms with Crippen LogP contribution in [0.5, 0.6) is 0 Å². The summed E-state index contributed by atoms with van der Waals surface area (Å²) < 4.78 is 0. The first-order valence-electron chi connectivity index (χ1n) is 8.82. The van der Waals surface area contributed by atoms with Gasteiger partial charge in [0.1, 0.15) is 5.69 Å². The van der Waals surface area contributed by atoms with Gasteiger partial charge in [-0.25, -0.2) is 9.97 Å². The summed E-state index contributed by atoms with van der Waals surface area (Å²) in [4.78, 5) is 51.2. The lowest BCUT2D eigenvalue weighted by molar-refractivity contribution is -0.130. The number of nitrogens with zero attached hydrogens (tertiary/aromatic N) is 6. The quantitative estimate of drug-likeness (QED) is 0.667. The minimum atomic E-state index is -0.133. The maximum absolute atomic E-state index is 12.8. The Bertz CT molecular complexity index is 694. The molecule has 0 N–H and O–H groups in total. The van der Waals surface area contributed by atoms with E-state index < -0.39 is 0 Å². The molecule has 0 radical (unpaired) electrons. The topological polar surface area (TPSA) is 90.0 Å². The minimum Gasteiger partial charge on any atom is -0.342 e. The van der Waals surface area contributed by atoms with Crippen LogP contribution in [0.2, 0.25) is 0 Å². The number of carbonyl (C=O) groups excluding carboxylic acids is 3. The molecule has 0 aromatic carbocycles. The van der Waals surface area contributed by atoms with Crippen LogP contribution in [0.15, 0.2) is 6.07 Å². The number of amides is 3. The summed E-state index contributed by atoms with van der Waals surface area (Å²) in [6.45, 7) is 8.04. The van der Waals surface area contributed by atoms with Gasteiger partial charge in [0.05, 0.1) is 0 Å². The second kappa shape index (κ2) is 7.67. The molecule has 1 aromatic rings. The third-order valence-electron chi connectivity index (χ3n) is 4.82. The first-order valence-corrected chi connectivity index (χ1v) is 8.82. The molecule has 0 unspecified atom stereocenters. The Morgan fingerprint density at radius 3 is 2.15 bits per heavy atom. The van der Waals surface area contributed by atoms with Gasteiger partial charge in [0.2, 0.25) is 18.3 Å². The molecule has 3 amide bonds. The van der Waals surface area contributed by atoms with E-state index in [9.17, 15) is 14.4 Å². The molecular formula is C17H24N6O3. The first-order chi connectivity index (χ1) is 12.5. The van der Waals surface area contributed by atoms with Crippen molar-refractivity contribution in [3.63, 3.8) is 0 Å². The third kappa shape index (κ3) is 3.92. The molecule has 3 rings (SSSR count). The van der Waals surface area contributed by atoms with E-state index in [-0.39, 0.29) is 11.8 Å². The van der Waals surface area contributed by atoms with Crippen molar-refractivity contribution in [1.29, 1.82) is 0 Å². The molecule has 0 aliphatic carbocycles. The molecule has 2 aliphatic heterocycles. The molecule has 2 saturated heterocycles. The molecule has 140 valence electrons. The smallest absolute Gasteiger partial charge is 0.272 e. The second-order valence-corrected chi connectivity index (χ2v) is 6.62. The molecule has 0 spiro atoms. The molecule has 1 aromatic heterocycles. The maximum atomic E-state index is 12.8. The van der Waals surface area contributed by atoms with E-state index in [2.05, 4.69) is 9.97 Å². The maximum Gasteiger partial charge on any atom is 0.272 e. The highest BCUT2D eigenvalue weighted by Crippen LogP contribution is 2.15. The van der Waals surface area contributed by atoms with E-state index in [1.807, 2.05) is 11.8 Å². The molecule has 26 heavy (non-hydrogen) atoms. The van der Waals surface area contributed by atoms with Crippen LogP contribution < -0.4 is 4.90 Å². The van der Waals surface area contributed by atoms with Crippen molar-refractivity contribution >= 4 is 24.2 Å². The summed E-state index contributed by atoms with van der Waals surface area (Å²) in [6.07, 6.45) is 0.851. The lowest BCUT2D eigenvalue weighted by Gasteiger charge is -2.34. The van der Waals surface area contributed by atoms with Gasteiger partial charge in [0.25, 0.3) is 5.91 Å². The van der Waals surface area contributed by atoms with Crippen LogP contribution >= 0.6 is 0 Å². The van der Waals surface area contributed by atoms with Crippen LogP contribution in [0.3, 0.4) is 0 Å². The van der Waals surface area contributed by atoms with Gasteiger partial charge in [0, 0.05) is 65.0 Å². The fraction of sp³-hybridized carbons (Fsp3) is 0.588. The number of rotatable bonds is 3. The molecule has 0 saturated carbocycles. The highest BCUT2D eigenvalue weighted by atomic mass is 16.2. The number of hydrogen-bond donors (Lipinski definition) is 0. The van der Waals surface area contributed by atoms with E-state index >= 15 is 0 Å². The van der Waals surface area contributed by atoms with Gasteiger partial charge in [-0.3, -0.25) is 14.4 Å². The third-order valence-corrected chi connectivity index (χ3v) is 4.82. The van der Waals surface area contributed by atoms with Gasteiger partial charge >= 0.3 is 0 Å². The Balaban J connectivity index is 1.70.